The Morgan fingerprint density at radius 3 is 1.90 bits per heavy atom. The van der Waals surface area contributed by atoms with Gasteiger partial charge in [0.15, 0.2) is 16.6 Å². The molecular formula is C30H52F6O3Si2. The third-order valence-electron chi connectivity index (χ3n) is 9.06. The summed E-state index contributed by atoms with van der Waals surface area (Å²) < 4.78 is 96.4. The molecule has 0 N–H and O–H groups in total. The van der Waals surface area contributed by atoms with Crippen LogP contribution in [0, 0.1) is 22.7 Å². The van der Waals surface area contributed by atoms with Crippen LogP contribution in [0.2, 0.25) is 39.3 Å². The highest BCUT2D eigenvalue weighted by atomic mass is 28.4. The number of rotatable bonds is 12. The first-order valence-corrected chi connectivity index (χ1v) is 21.7. The Hall–Kier alpha value is -0.656. The first kappa shape index (κ1) is 36.5. The van der Waals surface area contributed by atoms with Gasteiger partial charge >= 0.3 is 12.4 Å². The fourth-order valence-corrected chi connectivity index (χ4v) is 10.8. The van der Waals surface area contributed by atoms with Gasteiger partial charge in [-0.3, -0.25) is 4.79 Å². The fourth-order valence-electron chi connectivity index (χ4n) is 7.77. The van der Waals surface area contributed by atoms with Crippen molar-refractivity contribution in [1.29, 1.82) is 0 Å². The van der Waals surface area contributed by atoms with Crippen LogP contribution < -0.4 is 0 Å². The van der Waals surface area contributed by atoms with E-state index in [4.69, 9.17) is 8.85 Å². The SMILES string of the molecule is CC(C)(CCCC(C)(C/C=C/C(O[Si](C)(C)C)(C(F)(F)F)C(F)(F)F)C1CCC2C(=O)CCCC21C)O[Si](C)(C)C. The lowest BCUT2D eigenvalue weighted by atomic mass is 9.56. The molecule has 0 amide bonds. The van der Waals surface area contributed by atoms with Gasteiger partial charge in [-0.2, -0.15) is 26.3 Å². The summed E-state index contributed by atoms with van der Waals surface area (Å²) in [4.78, 5) is 12.8. The second kappa shape index (κ2) is 12.0. The van der Waals surface area contributed by atoms with Crippen LogP contribution >= 0.6 is 0 Å². The molecular weight excluding hydrogens is 578 g/mol. The van der Waals surface area contributed by atoms with E-state index in [0.29, 0.717) is 19.3 Å². The largest absolute Gasteiger partial charge is 0.429 e. The van der Waals surface area contributed by atoms with Crippen LogP contribution in [-0.4, -0.2) is 46.0 Å². The molecule has 41 heavy (non-hydrogen) atoms. The number of ketones is 1. The quantitative estimate of drug-likeness (QED) is 0.122. The van der Waals surface area contributed by atoms with Crippen LogP contribution in [0.15, 0.2) is 12.2 Å². The topological polar surface area (TPSA) is 35.5 Å². The van der Waals surface area contributed by atoms with Gasteiger partial charge in [0.1, 0.15) is 5.78 Å². The van der Waals surface area contributed by atoms with Gasteiger partial charge in [-0.15, -0.1) is 0 Å². The van der Waals surface area contributed by atoms with Crippen molar-refractivity contribution in [2.45, 2.75) is 148 Å². The predicted octanol–water partition coefficient (Wildman–Crippen LogP) is 10.2. The summed E-state index contributed by atoms with van der Waals surface area (Å²) in [6.07, 6.45) is -4.38. The molecule has 2 saturated carbocycles. The van der Waals surface area contributed by atoms with Gasteiger partial charge in [0.2, 0.25) is 0 Å². The molecule has 2 fully saturated rings. The van der Waals surface area contributed by atoms with Crippen LogP contribution in [0.1, 0.15) is 85.5 Å². The molecule has 4 atom stereocenters. The summed E-state index contributed by atoms with van der Waals surface area (Å²) in [5, 5.41) is 0. The van der Waals surface area contributed by atoms with Crippen LogP contribution in [0.3, 0.4) is 0 Å². The maximum atomic E-state index is 14.2. The molecule has 2 aliphatic rings. The van der Waals surface area contributed by atoms with E-state index in [-0.39, 0.29) is 35.5 Å². The number of Topliss-reactive ketones (excluding diaryl/α,β-unsaturated/α-hetero) is 1. The Morgan fingerprint density at radius 1 is 0.878 bits per heavy atom. The highest BCUT2D eigenvalue weighted by Gasteiger charge is 2.71. The van der Waals surface area contributed by atoms with E-state index < -0.39 is 45.6 Å². The Bertz CT molecular complexity index is 934. The number of carbonyl (C=O) groups excluding carboxylic acids is 1. The second-order valence-corrected chi connectivity index (χ2v) is 24.4. The van der Waals surface area contributed by atoms with Gasteiger partial charge in [0.25, 0.3) is 5.60 Å². The van der Waals surface area contributed by atoms with Crippen LogP contribution in [0.25, 0.3) is 0 Å². The Labute approximate surface area is 245 Å². The van der Waals surface area contributed by atoms with Gasteiger partial charge < -0.3 is 8.85 Å². The summed E-state index contributed by atoms with van der Waals surface area (Å²) in [6.45, 7) is 18.5. The Morgan fingerprint density at radius 2 is 1.41 bits per heavy atom. The fraction of sp³-hybridized carbons (Fsp3) is 0.900. The number of hydrogen-bond acceptors (Lipinski definition) is 3. The van der Waals surface area contributed by atoms with Gasteiger partial charge in [-0.25, -0.2) is 0 Å². The van der Waals surface area contributed by atoms with Crippen molar-refractivity contribution in [3.63, 3.8) is 0 Å². The molecule has 11 heteroatoms. The maximum Gasteiger partial charge on any atom is 0.429 e. The molecule has 3 nitrogen and oxygen atoms in total. The maximum absolute atomic E-state index is 14.2. The standard InChI is InChI=1S/C30H52F6O3Si2/c1-25(2,38-40(5,6)7)17-12-18-26(3,24-16-15-22-23(37)14-11-20-27(22,24)4)19-13-21-28(29(31,32)33,30(34,35)36)39-41(8,9)10/h13,21-22,24H,11-12,14-20H2,1-10H3/b21-13+. The lowest BCUT2D eigenvalue weighted by Gasteiger charge is -2.48. The number of fused-ring (bicyclic) bond motifs is 1. The van der Waals surface area contributed by atoms with Crippen molar-refractivity contribution < 1.29 is 40.0 Å². The summed E-state index contributed by atoms with van der Waals surface area (Å²) >= 11 is 0. The van der Waals surface area contributed by atoms with E-state index in [9.17, 15) is 31.1 Å². The average Bonchev–Trinajstić information content (AvgIpc) is 3.07. The molecule has 0 spiro atoms. The van der Waals surface area contributed by atoms with E-state index in [0.717, 1.165) is 38.2 Å². The van der Waals surface area contributed by atoms with Crippen LogP contribution in [0.4, 0.5) is 26.3 Å². The summed E-state index contributed by atoms with van der Waals surface area (Å²) in [7, 11) is -5.10. The molecule has 4 unspecified atom stereocenters. The van der Waals surface area contributed by atoms with Crippen LogP contribution in [-0.2, 0) is 13.6 Å². The average molecular weight is 631 g/mol. The molecule has 0 aromatic rings. The highest BCUT2D eigenvalue weighted by molar-refractivity contribution is 6.70. The first-order chi connectivity index (χ1) is 18.2. The summed E-state index contributed by atoms with van der Waals surface area (Å²) in [5.41, 5.74) is -5.67. The van der Waals surface area contributed by atoms with E-state index >= 15 is 0 Å². The summed E-state index contributed by atoms with van der Waals surface area (Å²) in [6, 6.07) is 0. The zero-order valence-electron chi connectivity index (χ0n) is 26.7. The normalized spacial score (nSPS) is 26.9. The Kier molecular flexibility index (Phi) is 10.7. The minimum Gasteiger partial charge on any atom is -0.413 e. The molecule has 0 radical (unpaired) electrons. The molecule has 0 saturated heterocycles. The molecule has 0 heterocycles. The van der Waals surface area contributed by atoms with Crippen LogP contribution in [0.5, 0.6) is 0 Å². The van der Waals surface area contributed by atoms with Gasteiger partial charge in [0.05, 0.1) is 5.60 Å². The predicted molar refractivity (Wildman–Crippen MR) is 157 cm³/mol. The smallest absolute Gasteiger partial charge is 0.413 e. The van der Waals surface area contributed by atoms with Gasteiger partial charge in [-0.05, 0) is 121 Å². The van der Waals surface area contributed by atoms with Crippen molar-refractivity contribution in [3.8, 4) is 0 Å². The third kappa shape index (κ3) is 8.72. The van der Waals surface area contributed by atoms with E-state index in [1.807, 2.05) is 20.8 Å². The van der Waals surface area contributed by atoms with Crippen molar-refractivity contribution >= 4 is 22.4 Å². The monoisotopic (exact) mass is 630 g/mol. The lowest BCUT2D eigenvalue weighted by Crippen LogP contribution is -2.61. The number of hydrogen-bond donors (Lipinski definition) is 0. The molecule has 2 aliphatic carbocycles. The van der Waals surface area contributed by atoms with Crippen molar-refractivity contribution in [2.24, 2.45) is 22.7 Å². The van der Waals surface area contributed by atoms with Crippen molar-refractivity contribution in [3.05, 3.63) is 12.2 Å². The molecule has 0 aromatic carbocycles. The zero-order chi connectivity index (χ0) is 31.9. The second-order valence-electron chi connectivity index (χ2n) is 15.5. The number of carbonyl (C=O) groups is 1. The third-order valence-corrected chi connectivity index (χ3v) is 11.2. The molecule has 0 bridgehead atoms. The van der Waals surface area contributed by atoms with Crippen molar-refractivity contribution in [2.75, 3.05) is 0 Å². The molecule has 240 valence electrons. The number of alkyl halides is 6. The highest BCUT2D eigenvalue weighted by Crippen LogP contribution is 2.62. The molecule has 2 rings (SSSR count). The first-order valence-electron chi connectivity index (χ1n) is 14.9. The minimum absolute atomic E-state index is 0.000922. The van der Waals surface area contributed by atoms with E-state index in [1.165, 1.54) is 19.6 Å². The number of halogens is 6. The minimum atomic E-state index is -5.67. The van der Waals surface area contributed by atoms with Crippen molar-refractivity contribution in [1.82, 2.24) is 0 Å². The summed E-state index contributed by atoms with van der Waals surface area (Å²) in [5.74, 6) is 0.135. The van der Waals surface area contributed by atoms with Gasteiger partial charge in [0, 0.05) is 12.3 Å². The zero-order valence-corrected chi connectivity index (χ0v) is 28.7. The van der Waals surface area contributed by atoms with E-state index in [1.54, 1.807) is 0 Å². The molecule has 0 aromatic heterocycles. The van der Waals surface area contributed by atoms with E-state index in [2.05, 4.69) is 26.6 Å². The lowest BCUT2D eigenvalue weighted by molar-refractivity contribution is -0.340. The molecule has 0 aliphatic heterocycles. The number of allylic oxidation sites excluding steroid dienone is 1. The Balaban J connectivity index is 2.48. The van der Waals surface area contributed by atoms with Gasteiger partial charge in [-0.1, -0.05) is 26.3 Å².